The second-order valence-electron chi connectivity index (χ2n) is 4.70. The molecule has 4 nitrogen and oxygen atoms in total. The van der Waals surface area contributed by atoms with Crippen LogP contribution in [0.4, 0.5) is 0 Å². The van der Waals surface area contributed by atoms with E-state index >= 15 is 0 Å². The van der Waals surface area contributed by atoms with Gasteiger partial charge in [0.05, 0.1) is 17.5 Å². The first-order chi connectivity index (χ1) is 8.50. The van der Waals surface area contributed by atoms with Gasteiger partial charge < -0.3 is 4.57 Å². The van der Waals surface area contributed by atoms with Crippen molar-refractivity contribution in [3.05, 3.63) is 30.1 Å². The van der Waals surface area contributed by atoms with E-state index in [1.165, 1.54) is 0 Å². The summed E-state index contributed by atoms with van der Waals surface area (Å²) in [5.41, 5.74) is 1.68. The van der Waals surface area contributed by atoms with E-state index < -0.39 is 0 Å². The Labute approximate surface area is 106 Å². The summed E-state index contributed by atoms with van der Waals surface area (Å²) in [7, 11) is 1.79. The monoisotopic (exact) mass is 244 g/mol. The summed E-state index contributed by atoms with van der Waals surface area (Å²) in [6.07, 6.45) is -0.0746. The van der Waals surface area contributed by atoms with Gasteiger partial charge in [-0.05, 0) is 12.1 Å². The first-order valence-corrected chi connectivity index (χ1v) is 5.98. The minimum atomic E-state index is -0.215. The van der Waals surface area contributed by atoms with Crippen molar-refractivity contribution in [1.29, 1.82) is 0 Å². The molecule has 1 aromatic heterocycles. The largest absolute Gasteiger partial charge is 0.325 e. The SMILES string of the molecule is CC(C)C(=O)CC(=O)c1nc2ccccc2n1C. The number of benzene rings is 1. The fraction of sp³-hybridized carbons (Fsp3) is 0.357. The predicted molar refractivity (Wildman–Crippen MR) is 69.5 cm³/mol. The Kier molecular flexibility index (Phi) is 3.28. The van der Waals surface area contributed by atoms with Gasteiger partial charge in [0.2, 0.25) is 5.78 Å². The lowest BCUT2D eigenvalue weighted by atomic mass is 10.0. The smallest absolute Gasteiger partial charge is 0.205 e. The van der Waals surface area contributed by atoms with Gasteiger partial charge in [-0.1, -0.05) is 26.0 Å². The van der Waals surface area contributed by atoms with Crippen molar-refractivity contribution in [3.63, 3.8) is 0 Å². The molecule has 2 aromatic rings. The van der Waals surface area contributed by atoms with Crippen molar-refractivity contribution in [2.75, 3.05) is 0 Å². The second-order valence-corrected chi connectivity index (χ2v) is 4.70. The van der Waals surface area contributed by atoms with Crippen LogP contribution in [0.15, 0.2) is 24.3 Å². The highest BCUT2D eigenvalue weighted by molar-refractivity contribution is 6.07. The first kappa shape index (κ1) is 12.5. The molecule has 18 heavy (non-hydrogen) atoms. The number of ketones is 2. The quantitative estimate of drug-likeness (QED) is 0.613. The molecular formula is C14H16N2O2. The average Bonchev–Trinajstić information content (AvgIpc) is 2.67. The molecule has 0 fully saturated rings. The van der Waals surface area contributed by atoms with Crippen LogP contribution in [0.25, 0.3) is 11.0 Å². The van der Waals surface area contributed by atoms with E-state index in [-0.39, 0.29) is 23.9 Å². The molecule has 0 unspecified atom stereocenters. The van der Waals surface area contributed by atoms with Crippen LogP contribution >= 0.6 is 0 Å². The van der Waals surface area contributed by atoms with E-state index in [2.05, 4.69) is 4.98 Å². The van der Waals surface area contributed by atoms with Crippen LogP contribution in [-0.2, 0) is 11.8 Å². The van der Waals surface area contributed by atoms with Crippen molar-refractivity contribution in [1.82, 2.24) is 9.55 Å². The molecule has 0 N–H and O–H groups in total. The number of carbonyl (C=O) groups excluding carboxylic acids is 2. The Morgan fingerprint density at radius 2 is 1.94 bits per heavy atom. The van der Waals surface area contributed by atoms with Crippen molar-refractivity contribution in [3.8, 4) is 0 Å². The predicted octanol–water partition coefficient (Wildman–Crippen LogP) is 2.37. The Bertz CT molecular complexity index is 611. The molecule has 0 atom stereocenters. The molecule has 94 valence electrons. The second kappa shape index (κ2) is 4.72. The molecule has 4 heteroatoms. The fourth-order valence-electron chi connectivity index (χ4n) is 1.84. The minimum absolute atomic E-state index is 0.0490. The van der Waals surface area contributed by atoms with Crippen LogP contribution in [0.1, 0.15) is 30.9 Å². The number of aromatic nitrogens is 2. The van der Waals surface area contributed by atoms with Gasteiger partial charge in [0.1, 0.15) is 5.78 Å². The minimum Gasteiger partial charge on any atom is -0.325 e. The number of Topliss-reactive ketones (excluding diaryl/α,β-unsaturated/α-hetero) is 2. The molecule has 2 rings (SSSR count). The van der Waals surface area contributed by atoms with E-state index in [9.17, 15) is 9.59 Å². The summed E-state index contributed by atoms with van der Waals surface area (Å²) in [4.78, 5) is 27.9. The molecule has 0 radical (unpaired) electrons. The number of fused-ring (bicyclic) bond motifs is 1. The molecule has 0 saturated heterocycles. The van der Waals surface area contributed by atoms with Gasteiger partial charge in [0.15, 0.2) is 5.82 Å². The van der Waals surface area contributed by atoms with E-state index in [1.54, 1.807) is 25.5 Å². The van der Waals surface area contributed by atoms with Crippen LogP contribution < -0.4 is 0 Å². The van der Waals surface area contributed by atoms with Gasteiger partial charge >= 0.3 is 0 Å². The third-order valence-electron chi connectivity index (χ3n) is 3.02. The number of aryl methyl sites for hydroxylation is 1. The molecular weight excluding hydrogens is 228 g/mol. The van der Waals surface area contributed by atoms with Crippen LogP contribution in [0.5, 0.6) is 0 Å². The number of rotatable bonds is 4. The van der Waals surface area contributed by atoms with Crippen LogP contribution in [0, 0.1) is 5.92 Å². The Morgan fingerprint density at radius 3 is 2.56 bits per heavy atom. The number of nitrogens with zero attached hydrogens (tertiary/aromatic N) is 2. The topological polar surface area (TPSA) is 52.0 Å². The van der Waals surface area contributed by atoms with Gasteiger partial charge in [0.25, 0.3) is 0 Å². The summed E-state index contributed by atoms with van der Waals surface area (Å²) in [5, 5.41) is 0. The maximum absolute atomic E-state index is 12.0. The van der Waals surface area contributed by atoms with Crippen molar-refractivity contribution in [2.45, 2.75) is 20.3 Å². The summed E-state index contributed by atoms with van der Waals surface area (Å²) >= 11 is 0. The van der Waals surface area contributed by atoms with Gasteiger partial charge in [-0.3, -0.25) is 9.59 Å². The molecule has 1 aromatic carbocycles. The van der Waals surface area contributed by atoms with Crippen molar-refractivity contribution >= 4 is 22.6 Å². The fourth-order valence-corrected chi connectivity index (χ4v) is 1.84. The normalized spacial score (nSPS) is 11.1. The number of imidazole rings is 1. The summed E-state index contributed by atoms with van der Waals surface area (Å²) < 4.78 is 1.74. The maximum atomic E-state index is 12.0. The number of para-hydroxylation sites is 2. The molecule has 0 amide bonds. The highest BCUT2D eigenvalue weighted by atomic mass is 16.1. The third-order valence-corrected chi connectivity index (χ3v) is 3.02. The van der Waals surface area contributed by atoms with Gasteiger partial charge in [0, 0.05) is 13.0 Å². The summed E-state index contributed by atoms with van der Waals surface area (Å²) in [5.74, 6) is -0.0340. The molecule has 0 spiro atoms. The van der Waals surface area contributed by atoms with Gasteiger partial charge in [-0.15, -0.1) is 0 Å². The standard InChI is InChI=1S/C14H16N2O2/c1-9(2)12(17)8-13(18)14-15-10-6-4-5-7-11(10)16(14)3/h4-7,9H,8H2,1-3H3. The highest BCUT2D eigenvalue weighted by Crippen LogP contribution is 2.16. The zero-order valence-electron chi connectivity index (χ0n) is 10.8. The third kappa shape index (κ3) is 2.18. The number of hydrogen-bond acceptors (Lipinski definition) is 3. The maximum Gasteiger partial charge on any atom is 0.205 e. The van der Waals surface area contributed by atoms with Crippen LogP contribution in [-0.4, -0.2) is 21.1 Å². The summed E-state index contributed by atoms with van der Waals surface area (Å²) in [6, 6.07) is 7.54. The van der Waals surface area contributed by atoms with Crippen molar-refractivity contribution in [2.24, 2.45) is 13.0 Å². The Hall–Kier alpha value is -1.97. The lowest BCUT2D eigenvalue weighted by Crippen LogP contribution is -2.16. The average molecular weight is 244 g/mol. The zero-order valence-corrected chi connectivity index (χ0v) is 10.8. The summed E-state index contributed by atoms with van der Waals surface area (Å²) in [6.45, 7) is 3.59. The molecule has 0 aliphatic carbocycles. The van der Waals surface area contributed by atoms with Gasteiger partial charge in [-0.25, -0.2) is 4.98 Å². The molecule has 1 heterocycles. The number of hydrogen-bond donors (Lipinski definition) is 0. The lowest BCUT2D eigenvalue weighted by Gasteiger charge is -2.03. The van der Waals surface area contributed by atoms with E-state index in [0.29, 0.717) is 5.82 Å². The zero-order chi connectivity index (χ0) is 13.3. The number of carbonyl (C=O) groups is 2. The highest BCUT2D eigenvalue weighted by Gasteiger charge is 2.19. The molecule has 0 bridgehead atoms. The van der Waals surface area contributed by atoms with Crippen molar-refractivity contribution < 1.29 is 9.59 Å². The van der Waals surface area contributed by atoms with Gasteiger partial charge in [-0.2, -0.15) is 0 Å². The molecule has 0 saturated carbocycles. The van der Waals surface area contributed by atoms with E-state index in [0.717, 1.165) is 11.0 Å². The molecule has 0 aliphatic heterocycles. The Balaban J connectivity index is 2.34. The molecule has 0 aliphatic rings. The Morgan fingerprint density at radius 1 is 1.28 bits per heavy atom. The van der Waals surface area contributed by atoms with Crippen LogP contribution in [0.3, 0.4) is 0 Å². The van der Waals surface area contributed by atoms with Crippen LogP contribution in [0.2, 0.25) is 0 Å². The van der Waals surface area contributed by atoms with E-state index in [4.69, 9.17) is 0 Å². The van der Waals surface area contributed by atoms with E-state index in [1.807, 2.05) is 24.3 Å². The lowest BCUT2D eigenvalue weighted by molar-refractivity contribution is -0.121. The first-order valence-electron chi connectivity index (χ1n) is 5.98.